The van der Waals surface area contributed by atoms with Gasteiger partial charge < -0.3 is 4.74 Å². The van der Waals surface area contributed by atoms with Crippen molar-refractivity contribution in [2.24, 2.45) is 0 Å². The highest BCUT2D eigenvalue weighted by molar-refractivity contribution is 6.09. The van der Waals surface area contributed by atoms with Crippen molar-refractivity contribution in [3.8, 4) is 62.1 Å². The SMILES string of the molecule is [2H]c1c([2H])c([2H])c(-c2cnc(-n3c4ccccc4c4ccc(Oc5cccc(-n6[c-][n+](-c7c(-c8cccc(C(C)(C)C)c8)cc(C(C)(C)C)cc7-c7cc(C(C)(C)C)cc(C(C)(C)C)c7)c7ccccc76)c5)cc43)cc2C([2H])([2H])[2H])c([2H])c1[2H]. The minimum absolute atomic E-state index is 0.0653. The highest BCUT2D eigenvalue weighted by atomic mass is 16.5. The van der Waals surface area contributed by atoms with Gasteiger partial charge in [-0.3, -0.25) is 13.7 Å². The van der Waals surface area contributed by atoms with E-state index in [4.69, 9.17) is 20.7 Å². The molecule has 0 aliphatic heterocycles. The largest absolute Gasteiger partial charge is 0.458 e. The molecule has 0 radical (unpaired) electrons. The van der Waals surface area contributed by atoms with Crippen molar-refractivity contribution in [2.75, 3.05) is 0 Å². The second-order valence-electron chi connectivity index (χ2n) is 24.3. The van der Waals surface area contributed by atoms with Crippen LogP contribution >= 0.6 is 0 Å². The van der Waals surface area contributed by atoms with E-state index in [-0.39, 0.29) is 44.2 Å². The molecule has 0 N–H and O–H groups in total. The van der Waals surface area contributed by atoms with Gasteiger partial charge in [0.2, 0.25) is 0 Å². The van der Waals surface area contributed by atoms with E-state index in [1.165, 1.54) is 34.5 Å². The van der Waals surface area contributed by atoms with Gasteiger partial charge in [-0.1, -0.05) is 216 Å². The minimum atomic E-state index is -2.75. The van der Waals surface area contributed by atoms with E-state index in [1.807, 2.05) is 65.2 Å². The molecule has 0 fully saturated rings. The molecule has 380 valence electrons. The molecule has 0 unspecified atom stereocenters. The Morgan fingerprint density at radius 2 is 1.11 bits per heavy atom. The molecule has 11 rings (SSSR count). The fraction of sp³-hybridized carbons (Fsp3) is 0.239. The van der Waals surface area contributed by atoms with Crippen molar-refractivity contribution in [2.45, 2.75) is 112 Å². The lowest BCUT2D eigenvalue weighted by Crippen LogP contribution is -2.32. The van der Waals surface area contributed by atoms with Crippen LogP contribution in [-0.2, 0) is 21.7 Å². The highest BCUT2D eigenvalue weighted by Crippen LogP contribution is 2.43. The van der Waals surface area contributed by atoms with Crippen molar-refractivity contribution < 1.29 is 20.3 Å². The first-order valence-corrected chi connectivity index (χ1v) is 26.2. The van der Waals surface area contributed by atoms with E-state index >= 15 is 0 Å². The number of rotatable bonds is 8. The summed E-state index contributed by atoms with van der Waals surface area (Å²) in [5, 5.41) is 1.77. The molecule has 0 amide bonds. The molecule has 0 spiro atoms. The van der Waals surface area contributed by atoms with Gasteiger partial charge in [-0.15, -0.1) is 0 Å². The number of hydrogen-bond acceptors (Lipinski definition) is 2. The van der Waals surface area contributed by atoms with E-state index in [2.05, 4.69) is 183 Å². The maximum atomic E-state index is 8.69. The number of benzene rings is 8. The van der Waals surface area contributed by atoms with Crippen molar-refractivity contribution in [3.05, 3.63) is 222 Å². The summed E-state index contributed by atoms with van der Waals surface area (Å²) in [6.07, 6.45) is 5.21. The van der Waals surface area contributed by atoms with E-state index < -0.39 is 37.1 Å². The maximum Gasteiger partial charge on any atom is 0.269 e. The van der Waals surface area contributed by atoms with Crippen molar-refractivity contribution in [1.29, 1.82) is 0 Å². The van der Waals surface area contributed by atoms with Gasteiger partial charge in [0, 0.05) is 32.7 Å². The van der Waals surface area contributed by atoms with Crippen molar-refractivity contribution in [3.63, 3.8) is 0 Å². The van der Waals surface area contributed by atoms with E-state index in [1.54, 1.807) is 0 Å². The molecule has 0 saturated heterocycles. The van der Waals surface area contributed by atoms with E-state index in [9.17, 15) is 0 Å². The highest BCUT2D eigenvalue weighted by Gasteiger charge is 2.28. The predicted octanol–water partition coefficient (Wildman–Crippen LogP) is 18.5. The van der Waals surface area contributed by atoms with Crippen molar-refractivity contribution in [1.82, 2.24) is 14.1 Å². The summed E-state index contributed by atoms with van der Waals surface area (Å²) in [7, 11) is 0. The molecule has 0 saturated carbocycles. The maximum absolute atomic E-state index is 8.69. The van der Waals surface area contributed by atoms with Crippen LogP contribution in [0.1, 0.15) is 122 Å². The molecule has 0 atom stereocenters. The third-order valence-corrected chi connectivity index (χ3v) is 14.6. The molecule has 0 bridgehead atoms. The number of ether oxygens (including phenoxy) is 1. The lowest BCUT2D eigenvalue weighted by molar-refractivity contribution is -0.571. The van der Waals surface area contributed by atoms with Crippen LogP contribution in [0.2, 0.25) is 0 Å². The summed E-state index contributed by atoms with van der Waals surface area (Å²) in [5.41, 5.74) is 13.7. The van der Waals surface area contributed by atoms with Gasteiger partial charge in [0.15, 0.2) is 0 Å². The number of fused-ring (bicyclic) bond motifs is 4. The van der Waals surface area contributed by atoms with Crippen LogP contribution in [-0.4, -0.2) is 14.1 Å². The molecule has 0 aliphatic carbocycles. The van der Waals surface area contributed by atoms with Crippen LogP contribution in [0.3, 0.4) is 0 Å². The number of pyridine rings is 1. The van der Waals surface area contributed by atoms with Gasteiger partial charge in [-0.25, -0.2) is 4.98 Å². The number of aromatic nitrogens is 4. The average molecular weight is 1000 g/mol. The molecular weight excluding hydrogens is 925 g/mol. The van der Waals surface area contributed by atoms with Crippen LogP contribution in [0.25, 0.3) is 83.4 Å². The van der Waals surface area contributed by atoms with Gasteiger partial charge in [0.1, 0.15) is 17.3 Å². The molecule has 8 aromatic carbocycles. The third kappa shape index (κ3) is 9.42. The van der Waals surface area contributed by atoms with E-state index in [0.717, 1.165) is 61.0 Å². The Labute approximate surface area is 461 Å². The Balaban J connectivity index is 1.07. The minimum Gasteiger partial charge on any atom is -0.458 e. The number of nitrogens with zero attached hydrogens (tertiary/aromatic N) is 4. The Kier molecular flexibility index (Phi) is 10.1. The normalized spacial score (nSPS) is 14.2. The Morgan fingerprint density at radius 3 is 1.80 bits per heavy atom. The smallest absolute Gasteiger partial charge is 0.269 e. The molecule has 0 aliphatic rings. The van der Waals surface area contributed by atoms with Gasteiger partial charge >= 0.3 is 0 Å². The lowest BCUT2D eigenvalue weighted by Gasteiger charge is -2.29. The topological polar surface area (TPSA) is 35.9 Å². The quantitative estimate of drug-likeness (QED) is 0.112. The number of imidazole rings is 1. The van der Waals surface area contributed by atoms with Gasteiger partial charge in [-0.05, 0) is 127 Å². The zero-order valence-electron chi connectivity index (χ0n) is 53.7. The Hall–Kier alpha value is -8.02. The van der Waals surface area contributed by atoms with Crippen LogP contribution in [0.4, 0.5) is 0 Å². The summed E-state index contributed by atoms with van der Waals surface area (Å²) in [6.45, 7) is 24.6. The first kappa shape index (κ1) is 41.3. The van der Waals surface area contributed by atoms with Crippen LogP contribution < -0.4 is 9.30 Å². The number of hydrogen-bond donors (Lipinski definition) is 0. The molecule has 3 aromatic heterocycles. The Morgan fingerprint density at radius 1 is 0.500 bits per heavy atom. The molecule has 5 nitrogen and oxygen atoms in total. The van der Waals surface area contributed by atoms with E-state index in [0.29, 0.717) is 17.0 Å². The fourth-order valence-electron chi connectivity index (χ4n) is 10.2. The van der Waals surface area contributed by atoms with Crippen molar-refractivity contribution >= 4 is 32.8 Å². The standard InChI is InChI=1S/C71H70N4O/c1-46-35-66(72-44-61(46)47-23-15-14-16-24-47)75-62-30-18-17-29-57(62)58-34-33-56(43-65(58)75)76-55-28-22-27-54(42-55)73-45-74(64-32-20-19-31-63(64)73)67-59(48-25-21-26-50(36-48)68(2,3)4)40-53(71(11,12)13)41-60(67)49-37-51(69(5,6)7)39-52(38-49)70(8,9)10/h14-44H,1-13H3/i1D3,14D,15D,16D,23D,24D. The second-order valence-corrected chi connectivity index (χ2v) is 24.3. The van der Waals surface area contributed by atoms with Crippen LogP contribution in [0, 0.1) is 13.2 Å². The number of aryl methyl sites for hydroxylation is 1. The first-order valence-electron chi connectivity index (χ1n) is 30.2. The van der Waals surface area contributed by atoms with Crippen LogP contribution in [0.15, 0.2) is 188 Å². The first-order chi connectivity index (χ1) is 39.4. The van der Waals surface area contributed by atoms with Gasteiger partial charge in [0.25, 0.3) is 6.33 Å². The zero-order chi connectivity index (χ0) is 60.3. The van der Waals surface area contributed by atoms with Gasteiger partial charge in [-0.2, -0.15) is 0 Å². The zero-order valence-corrected chi connectivity index (χ0v) is 45.7. The fourth-order valence-corrected chi connectivity index (χ4v) is 10.2. The molecule has 11 aromatic rings. The Bertz CT molecular complexity index is 4380. The molecule has 5 heteroatoms. The summed E-state index contributed by atoms with van der Waals surface area (Å²) < 4.78 is 81.2. The molecule has 3 heterocycles. The summed E-state index contributed by atoms with van der Waals surface area (Å²) >= 11 is 0. The third-order valence-electron chi connectivity index (χ3n) is 14.6. The number of para-hydroxylation sites is 3. The summed E-state index contributed by atoms with van der Waals surface area (Å²) in [5.74, 6) is 1.36. The average Bonchev–Trinajstić information content (AvgIpc) is 1.88. The van der Waals surface area contributed by atoms with Gasteiger partial charge in [0.05, 0.1) is 40.3 Å². The molecule has 76 heavy (non-hydrogen) atoms. The molecular formula is C71H70N4O. The second kappa shape index (κ2) is 18.7. The predicted molar refractivity (Wildman–Crippen MR) is 318 cm³/mol. The lowest BCUT2D eigenvalue weighted by atomic mass is 9.77. The summed E-state index contributed by atoms with van der Waals surface area (Å²) in [6, 6.07) is 49.7. The summed E-state index contributed by atoms with van der Waals surface area (Å²) in [4.78, 5) is 4.77. The monoisotopic (exact) mass is 1000 g/mol. The van der Waals surface area contributed by atoms with Crippen LogP contribution in [0.5, 0.6) is 11.5 Å².